The Kier molecular flexibility index (Phi) is 5.87. The molecule has 0 N–H and O–H groups in total. The molecular formula is C22H29NO6. The van der Waals surface area contributed by atoms with Gasteiger partial charge in [0.25, 0.3) is 0 Å². The molecule has 2 aliphatic rings. The monoisotopic (exact) mass is 403 g/mol. The van der Waals surface area contributed by atoms with Crippen molar-refractivity contribution in [1.82, 2.24) is 4.90 Å². The lowest BCUT2D eigenvalue weighted by Crippen LogP contribution is -2.53. The molecule has 2 saturated heterocycles. The molecule has 3 rings (SSSR count). The highest BCUT2D eigenvalue weighted by molar-refractivity contribution is 5.88. The molecule has 2 aliphatic heterocycles. The van der Waals surface area contributed by atoms with E-state index < -0.39 is 23.2 Å². The zero-order valence-corrected chi connectivity index (χ0v) is 17.5. The third-order valence-electron chi connectivity index (χ3n) is 5.63. The molecule has 1 aromatic carbocycles. The first-order valence-electron chi connectivity index (χ1n) is 9.96. The molecule has 0 spiro atoms. The van der Waals surface area contributed by atoms with Crippen LogP contribution in [0.15, 0.2) is 30.3 Å². The predicted octanol–water partition coefficient (Wildman–Crippen LogP) is 3.45. The fourth-order valence-electron chi connectivity index (χ4n) is 4.43. The van der Waals surface area contributed by atoms with E-state index in [1.807, 2.05) is 30.3 Å². The molecule has 0 saturated carbocycles. The molecule has 0 radical (unpaired) electrons. The first-order valence-corrected chi connectivity index (χ1v) is 9.96. The summed E-state index contributed by atoms with van der Waals surface area (Å²) in [7, 11) is 1.34. The van der Waals surface area contributed by atoms with Gasteiger partial charge in [-0.05, 0) is 51.5 Å². The van der Waals surface area contributed by atoms with E-state index in [1.54, 1.807) is 20.8 Å². The van der Waals surface area contributed by atoms with Gasteiger partial charge in [0.2, 0.25) is 0 Å². The number of carbonyl (C=O) groups excluding carboxylic acids is 3. The summed E-state index contributed by atoms with van der Waals surface area (Å²) in [5.74, 6) is -0.941. The van der Waals surface area contributed by atoms with Crippen molar-refractivity contribution in [3.05, 3.63) is 35.9 Å². The molecule has 1 amide bonds. The number of methoxy groups -OCH3 is 1. The van der Waals surface area contributed by atoms with Crippen LogP contribution in [0.1, 0.15) is 52.0 Å². The number of hydrogen-bond donors (Lipinski definition) is 0. The van der Waals surface area contributed by atoms with Gasteiger partial charge in [-0.15, -0.1) is 0 Å². The van der Waals surface area contributed by atoms with Gasteiger partial charge >= 0.3 is 18.0 Å². The first kappa shape index (κ1) is 21.1. The molecule has 7 nitrogen and oxygen atoms in total. The lowest BCUT2D eigenvalue weighted by Gasteiger charge is -2.34. The van der Waals surface area contributed by atoms with E-state index in [-0.39, 0.29) is 31.0 Å². The van der Waals surface area contributed by atoms with Crippen LogP contribution in [0.2, 0.25) is 0 Å². The minimum Gasteiger partial charge on any atom is -0.469 e. The predicted molar refractivity (Wildman–Crippen MR) is 105 cm³/mol. The fourth-order valence-corrected chi connectivity index (χ4v) is 4.43. The fraction of sp³-hybridized carbons (Fsp3) is 0.591. The first-order chi connectivity index (χ1) is 13.7. The van der Waals surface area contributed by atoms with Crippen LogP contribution in [-0.2, 0) is 30.4 Å². The zero-order chi connectivity index (χ0) is 21.2. The van der Waals surface area contributed by atoms with Crippen molar-refractivity contribution >= 4 is 18.0 Å². The summed E-state index contributed by atoms with van der Waals surface area (Å²) in [6, 6.07) is 9.13. The van der Waals surface area contributed by atoms with Crippen molar-refractivity contribution in [2.24, 2.45) is 5.92 Å². The van der Waals surface area contributed by atoms with Crippen LogP contribution in [-0.4, -0.2) is 47.2 Å². The Morgan fingerprint density at radius 2 is 1.86 bits per heavy atom. The maximum atomic E-state index is 13.1. The Morgan fingerprint density at radius 1 is 1.17 bits per heavy atom. The molecule has 0 unspecified atom stereocenters. The standard InChI is InChI=1S/C22H29NO6/c1-21(2,3)29-19(25)22-11-10-17(16(13-22)12-18(24)27-4)23(22)20(26)28-14-15-8-6-5-7-9-15/h5-9,16-17H,10-14H2,1-4H3/t16-,17+,22-/m0/s1. The van der Waals surface area contributed by atoms with Gasteiger partial charge < -0.3 is 14.2 Å². The number of ether oxygens (including phenoxy) is 3. The lowest BCUT2D eigenvalue weighted by atomic mass is 9.79. The summed E-state index contributed by atoms with van der Waals surface area (Å²) in [4.78, 5) is 39.6. The van der Waals surface area contributed by atoms with Gasteiger partial charge in [-0.25, -0.2) is 9.59 Å². The van der Waals surface area contributed by atoms with Crippen molar-refractivity contribution < 1.29 is 28.6 Å². The maximum absolute atomic E-state index is 13.1. The van der Waals surface area contributed by atoms with E-state index in [9.17, 15) is 14.4 Å². The average Bonchev–Trinajstić information content (AvgIpc) is 3.20. The largest absolute Gasteiger partial charge is 0.469 e. The summed E-state index contributed by atoms with van der Waals surface area (Å²) in [6.07, 6.45) is 1.12. The van der Waals surface area contributed by atoms with Gasteiger partial charge in [0, 0.05) is 6.04 Å². The molecule has 7 heteroatoms. The number of amides is 1. The summed E-state index contributed by atoms with van der Waals surface area (Å²) < 4.78 is 16.0. The molecule has 29 heavy (non-hydrogen) atoms. The highest BCUT2D eigenvalue weighted by Gasteiger charge is 2.64. The van der Waals surface area contributed by atoms with E-state index in [2.05, 4.69) is 0 Å². The van der Waals surface area contributed by atoms with Crippen molar-refractivity contribution in [2.75, 3.05) is 7.11 Å². The Morgan fingerprint density at radius 3 is 2.48 bits per heavy atom. The lowest BCUT2D eigenvalue weighted by molar-refractivity contribution is -0.166. The normalized spacial score (nSPS) is 25.6. The van der Waals surface area contributed by atoms with Crippen LogP contribution in [0.25, 0.3) is 0 Å². The Hall–Kier alpha value is -2.57. The number of rotatable bonds is 5. The zero-order valence-electron chi connectivity index (χ0n) is 17.5. The molecule has 2 bridgehead atoms. The smallest absolute Gasteiger partial charge is 0.411 e. The van der Waals surface area contributed by atoms with Crippen molar-refractivity contribution in [1.29, 1.82) is 0 Å². The van der Waals surface area contributed by atoms with Crippen LogP contribution >= 0.6 is 0 Å². The third-order valence-corrected chi connectivity index (χ3v) is 5.63. The number of carbonyl (C=O) groups is 3. The molecule has 2 fully saturated rings. The van der Waals surface area contributed by atoms with E-state index in [4.69, 9.17) is 14.2 Å². The molecular weight excluding hydrogens is 374 g/mol. The minimum absolute atomic E-state index is 0.120. The topological polar surface area (TPSA) is 82.1 Å². The van der Waals surface area contributed by atoms with E-state index in [0.717, 1.165) is 5.56 Å². The van der Waals surface area contributed by atoms with Crippen molar-refractivity contribution in [3.63, 3.8) is 0 Å². The van der Waals surface area contributed by atoms with Gasteiger partial charge in [-0.1, -0.05) is 30.3 Å². The van der Waals surface area contributed by atoms with Gasteiger partial charge in [0.1, 0.15) is 17.7 Å². The van der Waals surface area contributed by atoms with Gasteiger partial charge in [0.05, 0.1) is 13.5 Å². The van der Waals surface area contributed by atoms with E-state index in [0.29, 0.717) is 19.3 Å². The molecule has 1 aromatic rings. The molecule has 3 atom stereocenters. The highest BCUT2D eigenvalue weighted by Crippen LogP contribution is 2.52. The number of esters is 2. The Balaban J connectivity index is 1.82. The second kappa shape index (κ2) is 8.05. The van der Waals surface area contributed by atoms with Crippen molar-refractivity contribution in [2.45, 2.75) is 70.2 Å². The minimum atomic E-state index is -1.09. The molecule has 2 heterocycles. The number of nitrogens with zero attached hydrogens (tertiary/aromatic N) is 1. The number of hydrogen-bond acceptors (Lipinski definition) is 6. The molecule has 0 aromatic heterocycles. The maximum Gasteiger partial charge on any atom is 0.411 e. The quantitative estimate of drug-likeness (QED) is 0.553. The second-order valence-corrected chi connectivity index (χ2v) is 8.79. The molecule has 158 valence electrons. The summed E-state index contributed by atoms with van der Waals surface area (Å²) in [5.41, 5.74) is -0.904. The summed E-state index contributed by atoms with van der Waals surface area (Å²) >= 11 is 0. The van der Waals surface area contributed by atoms with Crippen LogP contribution in [0.4, 0.5) is 4.79 Å². The second-order valence-electron chi connectivity index (χ2n) is 8.79. The van der Waals surface area contributed by atoms with Crippen LogP contribution in [0.3, 0.4) is 0 Å². The van der Waals surface area contributed by atoms with E-state index in [1.165, 1.54) is 12.0 Å². The van der Waals surface area contributed by atoms with Gasteiger partial charge in [-0.2, -0.15) is 0 Å². The SMILES string of the molecule is COC(=O)C[C@H]1C[C@]2(C(=O)OC(C)(C)C)CC[C@H]1N2C(=O)OCc1ccccc1. The summed E-state index contributed by atoms with van der Waals surface area (Å²) in [6.45, 7) is 5.52. The van der Waals surface area contributed by atoms with Gasteiger partial charge in [-0.3, -0.25) is 9.69 Å². The molecule has 0 aliphatic carbocycles. The summed E-state index contributed by atoms with van der Waals surface area (Å²) in [5, 5.41) is 0. The number of fused-ring (bicyclic) bond motifs is 2. The number of benzene rings is 1. The van der Waals surface area contributed by atoms with Gasteiger partial charge in [0.15, 0.2) is 0 Å². The third kappa shape index (κ3) is 4.38. The van der Waals surface area contributed by atoms with Crippen LogP contribution in [0, 0.1) is 5.92 Å². The van der Waals surface area contributed by atoms with Crippen LogP contribution < -0.4 is 0 Å². The van der Waals surface area contributed by atoms with Crippen molar-refractivity contribution in [3.8, 4) is 0 Å². The Labute approximate surface area is 171 Å². The average molecular weight is 403 g/mol. The van der Waals surface area contributed by atoms with E-state index >= 15 is 0 Å². The Bertz CT molecular complexity index is 771. The van der Waals surface area contributed by atoms with Crippen LogP contribution in [0.5, 0.6) is 0 Å². The highest BCUT2D eigenvalue weighted by atomic mass is 16.6.